The molecule has 1 aromatic carbocycles. The number of thiophene rings is 1. The van der Waals surface area contributed by atoms with E-state index in [1.807, 2.05) is 30.3 Å². The zero-order chi connectivity index (χ0) is 23.9. The number of hydrogen-bond acceptors (Lipinski definition) is 6. The number of benzene rings is 1. The maximum Gasteiger partial charge on any atom is 0.341 e. The number of nitrogens with one attached hydrogen (secondary N) is 1. The van der Waals surface area contributed by atoms with E-state index in [-0.39, 0.29) is 24.3 Å². The second-order valence-corrected chi connectivity index (χ2v) is 8.76. The Kier molecular flexibility index (Phi) is 7.59. The average Bonchev–Trinajstić information content (AvgIpc) is 3.53. The maximum atomic E-state index is 13.0. The molecule has 0 radical (unpaired) electrons. The van der Waals surface area contributed by atoms with Gasteiger partial charge in [0.1, 0.15) is 16.3 Å². The number of carbonyl (C=O) groups is 3. The minimum absolute atomic E-state index is 0.0614. The van der Waals surface area contributed by atoms with Crippen molar-refractivity contribution < 1.29 is 23.5 Å². The first-order valence-electron chi connectivity index (χ1n) is 11.2. The summed E-state index contributed by atoms with van der Waals surface area (Å²) in [6.07, 6.45) is 6.02. The molecule has 0 unspecified atom stereocenters. The minimum Gasteiger partial charge on any atom is -0.464 e. The van der Waals surface area contributed by atoms with E-state index in [1.54, 1.807) is 41.5 Å². The van der Waals surface area contributed by atoms with Crippen molar-refractivity contribution in [3.05, 3.63) is 71.3 Å². The van der Waals surface area contributed by atoms with Gasteiger partial charge >= 0.3 is 5.97 Å². The van der Waals surface area contributed by atoms with Crippen LogP contribution in [0, 0.1) is 5.92 Å². The normalized spacial score (nSPS) is 14.3. The number of carbonyl (C=O) groups excluding carboxylic acids is 3. The van der Waals surface area contributed by atoms with Gasteiger partial charge in [0, 0.05) is 36.0 Å². The molecule has 0 aliphatic carbocycles. The van der Waals surface area contributed by atoms with Gasteiger partial charge in [0.2, 0.25) is 11.8 Å². The minimum atomic E-state index is -0.504. The number of ether oxygens (including phenoxy) is 1. The summed E-state index contributed by atoms with van der Waals surface area (Å²) in [7, 11) is 0. The Hall–Kier alpha value is -3.65. The Balaban J connectivity index is 1.38. The van der Waals surface area contributed by atoms with E-state index >= 15 is 0 Å². The summed E-state index contributed by atoms with van der Waals surface area (Å²) in [5.74, 6) is -0.434. The van der Waals surface area contributed by atoms with Crippen molar-refractivity contribution in [1.29, 1.82) is 0 Å². The van der Waals surface area contributed by atoms with E-state index < -0.39 is 5.97 Å². The van der Waals surface area contributed by atoms with Crippen LogP contribution in [0.15, 0.2) is 64.6 Å². The zero-order valence-corrected chi connectivity index (χ0v) is 19.7. The lowest BCUT2D eigenvalue weighted by atomic mass is 9.95. The van der Waals surface area contributed by atoms with Gasteiger partial charge in [-0.25, -0.2) is 4.79 Å². The van der Waals surface area contributed by atoms with Crippen molar-refractivity contribution in [2.75, 3.05) is 25.0 Å². The number of rotatable bonds is 7. The Labute approximate surface area is 202 Å². The van der Waals surface area contributed by atoms with Gasteiger partial charge in [-0.15, -0.1) is 11.3 Å². The Bertz CT molecular complexity index is 1160. The predicted molar refractivity (Wildman–Crippen MR) is 131 cm³/mol. The van der Waals surface area contributed by atoms with Crippen LogP contribution in [0.1, 0.15) is 35.7 Å². The van der Waals surface area contributed by atoms with Gasteiger partial charge in [-0.2, -0.15) is 0 Å². The van der Waals surface area contributed by atoms with Crippen LogP contribution in [0.2, 0.25) is 0 Å². The van der Waals surface area contributed by atoms with Gasteiger partial charge in [-0.1, -0.05) is 30.3 Å². The number of furan rings is 1. The third-order valence-electron chi connectivity index (χ3n) is 5.69. The summed E-state index contributed by atoms with van der Waals surface area (Å²) in [6.45, 7) is 2.97. The predicted octanol–water partition coefficient (Wildman–Crippen LogP) is 5.08. The Morgan fingerprint density at radius 1 is 1.15 bits per heavy atom. The molecule has 0 bridgehead atoms. The molecule has 4 rings (SSSR count). The molecule has 1 aliphatic rings. The first-order valence-corrected chi connectivity index (χ1v) is 12.1. The van der Waals surface area contributed by atoms with Crippen LogP contribution in [0.5, 0.6) is 0 Å². The van der Waals surface area contributed by atoms with E-state index in [1.165, 1.54) is 17.6 Å². The molecule has 34 heavy (non-hydrogen) atoms. The summed E-state index contributed by atoms with van der Waals surface area (Å²) in [4.78, 5) is 39.9. The summed E-state index contributed by atoms with van der Waals surface area (Å²) in [5.41, 5.74) is 1.86. The van der Waals surface area contributed by atoms with Crippen molar-refractivity contribution >= 4 is 40.2 Å². The van der Waals surface area contributed by atoms with Gasteiger partial charge in [-0.05, 0) is 43.5 Å². The summed E-state index contributed by atoms with van der Waals surface area (Å²) < 4.78 is 10.7. The molecular weight excluding hydrogens is 452 g/mol. The zero-order valence-electron chi connectivity index (χ0n) is 18.9. The highest BCUT2D eigenvalue weighted by Crippen LogP contribution is 2.37. The van der Waals surface area contributed by atoms with Crippen molar-refractivity contribution in [2.24, 2.45) is 5.92 Å². The molecule has 7 nitrogen and oxygen atoms in total. The molecule has 1 aliphatic heterocycles. The van der Waals surface area contributed by atoms with Crippen LogP contribution >= 0.6 is 11.3 Å². The molecule has 1 N–H and O–H groups in total. The molecule has 3 aromatic rings. The molecule has 0 saturated carbocycles. The molecule has 176 valence electrons. The molecule has 3 heterocycles. The SMILES string of the molecule is CCOC(=O)c1c(-c2ccco2)csc1NC(=O)C1CCN(C(=O)/C=C/c2ccccc2)CC1. The second kappa shape index (κ2) is 11.0. The average molecular weight is 479 g/mol. The van der Waals surface area contributed by atoms with Gasteiger partial charge in [0.25, 0.3) is 0 Å². The highest BCUT2D eigenvalue weighted by atomic mass is 32.1. The van der Waals surface area contributed by atoms with Crippen LogP contribution in [-0.2, 0) is 14.3 Å². The van der Waals surface area contributed by atoms with Crippen LogP contribution in [0.4, 0.5) is 5.00 Å². The van der Waals surface area contributed by atoms with Crippen molar-refractivity contribution in [3.63, 3.8) is 0 Å². The smallest absolute Gasteiger partial charge is 0.341 e. The molecule has 2 aromatic heterocycles. The number of piperidine rings is 1. The number of hydrogen-bond donors (Lipinski definition) is 1. The van der Waals surface area contributed by atoms with Crippen LogP contribution in [0.3, 0.4) is 0 Å². The first-order chi connectivity index (χ1) is 16.6. The van der Waals surface area contributed by atoms with Crippen LogP contribution in [0.25, 0.3) is 17.4 Å². The summed E-state index contributed by atoms with van der Waals surface area (Å²) in [6, 6.07) is 13.2. The van der Waals surface area contributed by atoms with E-state index in [0.29, 0.717) is 47.8 Å². The van der Waals surface area contributed by atoms with Crippen LogP contribution < -0.4 is 5.32 Å². The van der Waals surface area contributed by atoms with Crippen molar-refractivity contribution in [2.45, 2.75) is 19.8 Å². The quantitative estimate of drug-likeness (QED) is 0.378. The molecular formula is C26H26N2O5S. The fourth-order valence-electron chi connectivity index (χ4n) is 3.88. The highest BCUT2D eigenvalue weighted by molar-refractivity contribution is 7.15. The number of amides is 2. The van der Waals surface area contributed by atoms with Crippen molar-refractivity contribution in [1.82, 2.24) is 4.90 Å². The largest absolute Gasteiger partial charge is 0.464 e. The third-order valence-corrected chi connectivity index (χ3v) is 6.58. The van der Waals surface area contributed by atoms with Crippen LogP contribution in [-0.4, -0.2) is 42.4 Å². The fraction of sp³-hybridized carbons (Fsp3) is 0.269. The van der Waals surface area contributed by atoms with Gasteiger partial charge in [-0.3, -0.25) is 9.59 Å². The number of nitrogens with zero attached hydrogens (tertiary/aromatic N) is 1. The lowest BCUT2D eigenvalue weighted by Crippen LogP contribution is -2.40. The number of likely N-dealkylation sites (tertiary alicyclic amines) is 1. The van der Waals surface area contributed by atoms with E-state index in [2.05, 4.69) is 5.32 Å². The fourth-order valence-corrected chi connectivity index (χ4v) is 4.82. The third kappa shape index (κ3) is 5.46. The Morgan fingerprint density at radius 2 is 1.91 bits per heavy atom. The van der Waals surface area contributed by atoms with E-state index in [4.69, 9.17) is 9.15 Å². The van der Waals surface area contributed by atoms with Crippen molar-refractivity contribution in [3.8, 4) is 11.3 Å². The topological polar surface area (TPSA) is 88.8 Å². The second-order valence-electron chi connectivity index (χ2n) is 7.88. The monoisotopic (exact) mass is 478 g/mol. The lowest BCUT2D eigenvalue weighted by Gasteiger charge is -2.30. The molecule has 8 heteroatoms. The highest BCUT2D eigenvalue weighted by Gasteiger charge is 2.29. The molecule has 0 spiro atoms. The first kappa shape index (κ1) is 23.5. The van der Waals surface area contributed by atoms with Gasteiger partial charge < -0.3 is 19.4 Å². The molecule has 1 saturated heterocycles. The summed E-state index contributed by atoms with van der Waals surface area (Å²) in [5, 5.41) is 5.13. The summed E-state index contributed by atoms with van der Waals surface area (Å²) >= 11 is 1.26. The van der Waals surface area contributed by atoms with E-state index in [0.717, 1.165) is 5.56 Å². The molecule has 0 atom stereocenters. The molecule has 2 amide bonds. The number of anilines is 1. The maximum absolute atomic E-state index is 13.0. The standard InChI is InChI=1S/C26H26N2O5S/c1-2-32-26(31)23-20(21-9-6-16-33-21)17-34-25(23)27-24(30)19-12-14-28(15-13-19)22(29)11-10-18-7-4-3-5-8-18/h3-11,16-17,19H,2,12-15H2,1H3,(H,27,30)/b11-10+. The van der Waals surface area contributed by atoms with E-state index in [9.17, 15) is 14.4 Å². The molecule has 1 fully saturated rings. The van der Waals surface area contributed by atoms with Gasteiger partial charge in [0.15, 0.2) is 0 Å². The van der Waals surface area contributed by atoms with Gasteiger partial charge in [0.05, 0.1) is 12.9 Å². The Morgan fingerprint density at radius 3 is 2.59 bits per heavy atom. The lowest BCUT2D eigenvalue weighted by molar-refractivity contribution is -0.130. The number of esters is 1.